The first-order chi connectivity index (χ1) is 18.8. The minimum absolute atomic E-state index is 0.0214. The number of carbonyl (C=O) groups excluding carboxylic acids is 5. The lowest BCUT2D eigenvalue weighted by Crippen LogP contribution is -2.69. The summed E-state index contributed by atoms with van der Waals surface area (Å²) >= 11 is 0. The summed E-state index contributed by atoms with van der Waals surface area (Å²) in [6, 6.07) is 7.03. The van der Waals surface area contributed by atoms with Crippen molar-refractivity contribution in [3.05, 3.63) is 47.0 Å². The van der Waals surface area contributed by atoms with Gasteiger partial charge in [0, 0.05) is 23.5 Å². The molecule has 0 saturated heterocycles. The standard InChI is InChI=1S/C30H32N2O8/c1-13(33)14-5-8-22(40-4)17(9-14)16-6-7-21(34)24-18(16)10-15-11-20-25(32(2)3)26(35)19(29(31)38)12-30(20,39)28(37)23(15)27(24)36/h5-9,15,19-20,23,25,34,39H,10-12H2,1-4H3,(H2,31,38). The Kier molecular flexibility index (Phi) is 6.67. The molecule has 0 aromatic heterocycles. The number of phenolic OH excluding ortho intramolecular Hbond substituents is 1. The molecule has 3 aliphatic rings. The molecule has 2 saturated carbocycles. The Balaban J connectivity index is 1.66. The van der Waals surface area contributed by atoms with Gasteiger partial charge in [0.15, 0.2) is 23.1 Å². The van der Waals surface area contributed by atoms with Crippen molar-refractivity contribution in [2.45, 2.75) is 37.8 Å². The van der Waals surface area contributed by atoms with Gasteiger partial charge in [-0.25, -0.2) is 0 Å². The van der Waals surface area contributed by atoms with Crippen LogP contribution < -0.4 is 10.5 Å². The van der Waals surface area contributed by atoms with Crippen molar-refractivity contribution in [3.8, 4) is 22.6 Å². The molecule has 6 unspecified atom stereocenters. The van der Waals surface area contributed by atoms with E-state index in [9.17, 15) is 34.2 Å². The molecule has 0 radical (unpaired) electrons. The molecule has 40 heavy (non-hydrogen) atoms. The van der Waals surface area contributed by atoms with Crippen molar-refractivity contribution in [2.24, 2.45) is 29.4 Å². The zero-order chi connectivity index (χ0) is 29.3. The van der Waals surface area contributed by atoms with E-state index in [0.29, 0.717) is 28.0 Å². The van der Waals surface area contributed by atoms with Crippen LogP contribution in [-0.4, -0.2) is 77.0 Å². The van der Waals surface area contributed by atoms with Crippen LogP contribution in [0.3, 0.4) is 0 Å². The van der Waals surface area contributed by atoms with Crippen LogP contribution in [-0.2, 0) is 20.8 Å². The maximum Gasteiger partial charge on any atom is 0.228 e. The third kappa shape index (κ3) is 3.97. The van der Waals surface area contributed by atoms with E-state index in [4.69, 9.17) is 10.5 Å². The summed E-state index contributed by atoms with van der Waals surface area (Å²) in [6.07, 6.45) is -0.105. The number of carbonyl (C=O) groups is 5. The summed E-state index contributed by atoms with van der Waals surface area (Å²) in [5, 5.41) is 22.6. The number of ether oxygens (including phenoxy) is 1. The lowest BCUT2D eigenvalue weighted by molar-refractivity contribution is -0.176. The number of likely N-dealkylation sites (N-methyl/N-ethyl adjacent to an activating group) is 1. The molecule has 0 heterocycles. The molecule has 2 aromatic carbocycles. The molecular weight excluding hydrogens is 516 g/mol. The van der Waals surface area contributed by atoms with E-state index in [1.165, 1.54) is 20.1 Å². The lowest BCUT2D eigenvalue weighted by Gasteiger charge is -2.53. The van der Waals surface area contributed by atoms with Gasteiger partial charge in [0.25, 0.3) is 0 Å². The van der Waals surface area contributed by atoms with Crippen molar-refractivity contribution in [1.82, 2.24) is 4.90 Å². The number of phenols is 1. The second kappa shape index (κ2) is 9.64. The molecule has 0 spiro atoms. The maximum atomic E-state index is 14.0. The van der Waals surface area contributed by atoms with Gasteiger partial charge in [-0.15, -0.1) is 0 Å². The van der Waals surface area contributed by atoms with E-state index in [-0.39, 0.29) is 29.9 Å². The number of nitrogens with two attached hydrogens (primary N) is 1. The highest BCUT2D eigenvalue weighted by Crippen LogP contribution is 2.53. The number of methoxy groups -OCH3 is 1. The molecule has 6 atom stereocenters. The average molecular weight is 549 g/mol. The highest BCUT2D eigenvalue weighted by molar-refractivity contribution is 6.18. The second-order valence-corrected chi connectivity index (χ2v) is 11.4. The first kappa shape index (κ1) is 27.7. The van der Waals surface area contributed by atoms with Gasteiger partial charge in [-0.3, -0.25) is 28.9 Å². The average Bonchev–Trinajstić information content (AvgIpc) is 2.89. The Morgan fingerprint density at radius 1 is 1.10 bits per heavy atom. The number of aromatic hydroxyl groups is 1. The van der Waals surface area contributed by atoms with Crippen molar-refractivity contribution in [3.63, 3.8) is 0 Å². The number of nitrogens with zero attached hydrogens (tertiary/aromatic N) is 1. The van der Waals surface area contributed by atoms with Gasteiger partial charge in [0.05, 0.1) is 24.6 Å². The van der Waals surface area contributed by atoms with Crippen LogP contribution in [0.2, 0.25) is 0 Å². The van der Waals surface area contributed by atoms with Crippen LogP contribution in [0.4, 0.5) is 0 Å². The van der Waals surface area contributed by atoms with Crippen LogP contribution in [0.25, 0.3) is 11.1 Å². The van der Waals surface area contributed by atoms with Crippen LogP contribution in [0.15, 0.2) is 30.3 Å². The number of fused-ring (bicyclic) bond motifs is 3. The fourth-order valence-corrected chi connectivity index (χ4v) is 7.10. The number of ketones is 4. The van der Waals surface area contributed by atoms with E-state index >= 15 is 0 Å². The van der Waals surface area contributed by atoms with Crippen molar-refractivity contribution in [1.29, 1.82) is 0 Å². The Labute approximate surface area is 231 Å². The molecule has 1 amide bonds. The Morgan fingerprint density at radius 3 is 2.40 bits per heavy atom. The van der Waals surface area contributed by atoms with Gasteiger partial charge in [-0.2, -0.15) is 0 Å². The topological polar surface area (TPSA) is 164 Å². The van der Waals surface area contributed by atoms with Gasteiger partial charge in [0.2, 0.25) is 5.91 Å². The predicted molar refractivity (Wildman–Crippen MR) is 143 cm³/mol. The number of rotatable bonds is 5. The van der Waals surface area contributed by atoms with Gasteiger partial charge >= 0.3 is 0 Å². The third-order valence-electron chi connectivity index (χ3n) is 8.96. The molecule has 10 nitrogen and oxygen atoms in total. The number of amides is 1. The van der Waals surface area contributed by atoms with E-state index in [1.807, 2.05) is 0 Å². The Bertz CT molecular complexity index is 1480. The number of Topliss-reactive ketones (excluding diaryl/α,β-unsaturated/α-hetero) is 4. The summed E-state index contributed by atoms with van der Waals surface area (Å²) in [4.78, 5) is 67.0. The van der Waals surface area contributed by atoms with E-state index < -0.39 is 65.0 Å². The number of aliphatic hydroxyl groups is 1. The van der Waals surface area contributed by atoms with Crippen LogP contribution >= 0.6 is 0 Å². The SMILES string of the molecule is COc1ccc(C(C)=O)cc1-c1ccc(O)c2c1CC1CC3C(N(C)C)C(=O)C(C(N)=O)CC3(O)C(=O)C1C2=O. The normalized spacial score (nSPS) is 29.4. The van der Waals surface area contributed by atoms with Crippen molar-refractivity contribution < 1.29 is 38.9 Å². The molecule has 0 bridgehead atoms. The van der Waals surface area contributed by atoms with Crippen LogP contribution in [0.5, 0.6) is 11.5 Å². The molecule has 4 N–H and O–H groups in total. The van der Waals surface area contributed by atoms with E-state index in [2.05, 4.69) is 0 Å². The Hall–Kier alpha value is -3.89. The minimum atomic E-state index is -2.11. The summed E-state index contributed by atoms with van der Waals surface area (Å²) in [6.45, 7) is 1.44. The van der Waals surface area contributed by atoms with Crippen LogP contribution in [0, 0.1) is 23.7 Å². The monoisotopic (exact) mass is 548 g/mol. The van der Waals surface area contributed by atoms with Gasteiger partial charge in [0.1, 0.15) is 23.0 Å². The highest BCUT2D eigenvalue weighted by atomic mass is 16.5. The number of hydrogen-bond donors (Lipinski definition) is 3. The predicted octanol–water partition coefficient (Wildman–Crippen LogP) is 1.57. The lowest BCUT2D eigenvalue weighted by atomic mass is 9.52. The number of primary amides is 1. The molecule has 2 fully saturated rings. The quantitative estimate of drug-likeness (QED) is 0.371. The first-order valence-corrected chi connectivity index (χ1v) is 13.2. The zero-order valence-electron chi connectivity index (χ0n) is 22.8. The summed E-state index contributed by atoms with van der Waals surface area (Å²) in [5.74, 6) is -6.80. The maximum absolute atomic E-state index is 14.0. The summed E-state index contributed by atoms with van der Waals surface area (Å²) in [5.41, 5.74) is 5.42. The number of hydrogen-bond acceptors (Lipinski definition) is 9. The van der Waals surface area contributed by atoms with Gasteiger partial charge in [-0.05, 0) is 75.2 Å². The Morgan fingerprint density at radius 2 is 1.80 bits per heavy atom. The molecule has 2 aromatic rings. The van der Waals surface area contributed by atoms with Gasteiger partial charge < -0.3 is 20.7 Å². The molecule has 3 aliphatic carbocycles. The molecule has 5 rings (SSSR count). The fourth-order valence-electron chi connectivity index (χ4n) is 7.10. The second-order valence-electron chi connectivity index (χ2n) is 11.4. The van der Waals surface area contributed by atoms with Gasteiger partial charge in [-0.1, -0.05) is 6.07 Å². The van der Waals surface area contributed by atoms with E-state index in [0.717, 1.165) is 0 Å². The fraction of sp³-hybridized carbons (Fsp3) is 0.433. The molecule has 0 aliphatic heterocycles. The molecular formula is C30H32N2O8. The zero-order valence-corrected chi connectivity index (χ0v) is 22.8. The van der Waals surface area contributed by atoms with E-state index in [1.54, 1.807) is 43.3 Å². The minimum Gasteiger partial charge on any atom is -0.507 e. The van der Waals surface area contributed by atoms with Crippen molar-refractivity contribution in [2.75, 3.05) is 21.2 Å². The molecule has 10 heteroatoms. The third-order valence-corrected chi connectivity index (χ3v) is 8.96. The highest BCUT2D eigenvalue weighted by Gasteiger charge is 2.64. The summed E-state index contributed by atoms with van der Waals surface area (Å²) in [7, 11) is 4.76. The first-order valence-electron chi connectivity index (χ1n) is 13.2. The smallest absolute Gasteiger partial charge is 0.228 e. The molecule has 210 valence electrons. The number of benzene rings is 2. The van der Waals surface area contributed by atoms with Crippen molar-refractivity contribution >= 4 is 29.0 Å². The largest absolute Gasteiger partial charge is 0.507 e. The summed E-state index contributed by atoms with van der Waals surface area (Å²) < 4.78 is 5.55. The van der Waals surface area contributed by atoms with Crippen LogP contribution in [0.1, 0.15) is 46.0 Å².